The van der Waals surface area contributed by atoms with E-state index in [1.807, 2.05) is 0 Å². The number of rotatable bonds is 2. The molecule has 1 heterocycles. The summed E-state index contributed by atoms with van der Waals surface area (Å²) >= 11 is 3.32. The molecule has 16 heavy (non-hydrogen) atoms. The molecule has 0 atom stereocenters. The second-order valence-electron chi connectivity index (χ2n) is 3.53. The molecule has 0 radical (unpaired) electrons. The molecule has 0 saturated carbocycles. The van der Waals surface area contributed by atoms with E-state index in [9.17, 15) is 8.42 Å². The molecule has 0 fully saturated rings. The smallest absolute Gasteiger partial charge is 0.176 e. The summed E-state index contributed by atoms with van der Waals surface area (Å²) in [6.45, 7) is 0.505. The molecule has 0 saturated heterocycles. The summed E-state index contributed by atoms with van der Waals surface area (Å²) < 4.78 is 24.0. The topological polar surface area (TPSA) is 55.7 Å². The first-order valence-corrected chi connectivity index (χ1v) is 7.36. The zero-order chi connectivity index (χ0) is 11.8. The third-order valence-electron chi connectivity index (χ3n) is 2.26. The molecule has 1 aliphatic heterocycles. The Morgan fingerprint density at radius 1 is 1.44 bits per heavy atom. The molecule has 4 nitrogen and oxygen atoms in total. The van der Waals surface area contributed by atoms with Crippen molar-refractivity contribution in [3.8, 4) is 0 Å². The Bertz CT molecular complexity index is 551. The fraction of sp³-hybridized carbons (Fsp3) is 0.300. The van der Waals surface area contributed by atoms with Gasteiger partial charge in [-0.25, -0.2) is 8.42 Å². The van der Waals surface area contributed by atoms with Gasteiger partial charge in [0, 0.05) is 22.7 Å². The van der Waals surface area contributed by atoms with Crippen LogP contribution in [-0.4, -0.2) is 27.0 Å². The third kappa shape index (κ3) is 2.27. The number of hydrogen-bond donors (Lipinski definition) is 0. The van der Waals surface area contributed by atoms with Gasteiger partial charge in [-0.1, -0.05) is 21.1 Å². The second kappa shape index (κ2) is 4.18. The minimum Gasteiger partial charge on any atom is -0.395 e. The molecule has 86 valence electrons. The number of halogens is 1. The van der Waals surface area contributed by atoms with Gasteiger partial charge in [0.25, 0.3) is 0 Å². The minimum atomic E-state index is -3.24. The van der Waals surface area contributed by atoms with Gasteiger partial charge in [-0.2, -0.15) is 0 Å². The Labute approximate surface area is 102 Å². The molecule has 0 aromatic heterocycles. The first kappa shape index (κ1) is 11.6. The van der Waals surface area contributed by atoms with E-state index in [2.05, 4.69) is 21.1 Å². The molecular formula is C10H10BrNO3S. The maximum Gasteiger partial charge on any atom is 0.176 e. The Balaban J connectivity index is 2.62. The quantitative estimate of drug-likeness (QED) is 0.839. The van der Waals surface area contributed by atoms with Crippen LogP contribution >= 0.6 is 15.9 Å². The van der Waals surface area contributed by atoms with Crippen LogP contribution < -0.4 is 0 Å². The van der Waals surface area contributed by atoms with Crippen molar-refractivity contribution >= 4 is 31.5 Å². The van der Waals surface area contributed by atoms with Crippen LogP contribution in [0.15, 0.2) is 32.7 Å². The average molecular weight is 304 g/mol. The fourth-order valence-corrected chi connectivity index (χ4v) is 2.80. The van der Waals surface area contributed by atoms with Crippen LogP contribution in [0.4, 0.5) is 0 Å². The average Bonchev–Trinajstić information content (AvgIpc) is 2.68. The molecule has 1 aromatic rings. The van der Waals surface area contributed by atoms with E-state index in [0.717, 1.165) is 4.47 Å². The van der Waals surface area contributed by atoms with Crippen LogP contribution in [0.5, 0.6) is 0 Å². The first-order valence-electron chi connectivity index (χ1n) is 4.67. The number of sulfone groups is 1. The van der Waals surface area contributed by atoms with Gasteiger partial charge in [0.2, 0.25) is 0 Å². The summed E-state index contributed by atoms with van der Waals surface area (Å²) in [5, 5.41) is 3.85. The highest BCUT2D eigenvalue weighted by Crippen LogP contribution is 2.24. The zero-order valence-corrected chi connectivity index (χ0v) is 11.0. The monoisotopic (exact) mass is 303 g/mol. The van der Waals surface area contributed by atoms with Gasteiger partial charge in [-0.05, 0) is 18.2 Å². The maximum atomic E-state index is 11.6. The summed E-state index contributed by atoms with van der Waals surface area (Å²) in [4.78, 5) is 5.19. The molecular weight excluding hydrogens is 294 g/mol. The molecule has 0 unspecified atom stereocenters. The Morgan fingerprint density at radius 3 is 2.75 bits per heavy atom. The Morgan fingerprint density at radius 2 is 2.19 bits per heavy atom. The molecule has 2 rings (SSSR count). The fourth-order valence-electron chi connectivity index (χ4n) is 1.55. The van der Waals surface area contributed by atoms with E-state index in [1.54, 1.807) is 18.2 Å². The van der Waals surface area contributed by atoms with E-state index in [-0.39, 0.29) is 0 Å². The minimum absolute atomic E-state index is 0.292. The molecule has 1 aromatic carbocycles. The highest BCUT2D eigenvalue weighted by Gasteiger charge is 2.20. The predicted molar refractivity (Wildman–Crippen MR) is 64.4 cm³/mol. The molecule has 0 aliphatic carbocycles. The van der Waals surface area contributed by atoms with Gasteiger partial charge in [0.1, 0.15) is 6.61 Å². The maximum absolute atomic E-state index is 11.6. The van der Waals surface area contributed by atoms with E-state index >= 15 is 0 Å². The van der Waals surface area contributed by atoms with E-state index < -0.39 is 9.84 Å². The van der Waals surface area contributed by atoms with Crippen molar-refractivity contribution < 1.29 is 13.3 Å². The predicted octanol–water partition coefficient (Wildman–Crippen LogP) is 1.98. The van der Waals surface area contributed by atoms with Gasteiger partial charge >= 0.3 is 0 Å². The lowest BCUT2D eigenvalue weighted by molar-refractivity contribution is 0.174. The van der Waals surface area contributed by atoms with Crippen molar-refractivity contribution in [2.24, 2.45) is 5.16 Å². The number of nitrogens with zero attached hydrogens (tertiary/aromatic N) is 1. The lowest BCUT2D eigenvalue weighted by Gasteiger charge is -2.06. The highest BCUT2D eigenvalue weighted by molar-refractivity contribution is 9.10. The summed E-state index contributed by atoms with van der Waals surface area (Å²) in [6, 6.07) is 5.04. The van der Waals surface area contributed by atoms with Crippen molar-refractivity contribution in [1.82, 2.24) is 0 Å². The molecule has 6 heteroatoms. The second-order valence-corrected chi connectivity index (χ2v) is 6.43. The van der Waals surface area contributed by atoms with Gasteiger partial charge in [-0.3, -0.25) is 0 Å². The summed E-state index contributed by atoms with van der Waals surface area (Å²) in [5.41, 5.74) is 1.30. The van der Waals surface area contributed by atoms with Crippen LogP contribution in [0.1, 0.15) is 12.0 Å². The van der Waals surface area contributed by atoms with Crippen molar-refractivity contribution in [3.63, 3.8) is 0 Å². The number of benzene rings is 1. The lowest BCUT2D eigenvalue weighted by atomic mass is 10.1. The molecule has 0 amide bonds. The van der Waals surface area contributed by atoms with Crippen molar-refractivity contribution in [2.75, 3.05) is 12.9 Å². The van der Waals surface area contributed by atoms with Gasteiger partial charge in [-0.15, -0.1) is 0 Å². The molecule has 1 aliphatic rings. The van der Waals surface area contributed by atoms with Gasteiger partial charge in [0.05, 0.1) is 10.6 Å². The highest BCUT2D eigenvalue weighted by atomic mass is 79.9. The van der Waals surface area contributed by atoms with Crippen LogP contribution in [0.3, 0.4) is 0 Å². The summed E-state index contributed by atoms with van der Waals surface area (Å²) in [7, 11) is -3.24. The van der Waals surface area contributed by atoms with Crippen molar-refractivity contribution in [1.29, 1.82) is 0 Å². The van der Waals surface area contributed by atoms with E-state index in [4.69, 9.17) is 4.84 Å². The van der Waals surface area contributed by atoms with Crippen LogP contribution in [0.2, 0.25) is 0 Å². The van der Waals surface area contributed by atoms with Crippen LogP contribution in [0.25, 0.3) is 0 Å². The van der Waals surface area contributed by atoms with Crippen molar-refractivity contribution in [3.05, 3.63) is 28.2 Å². The standard InChI is InChI=1S/C10H10BrNO3S/c1-16(13,14)10-3-2-7(11)6-8(10)9-4-5-15-12-9/h2-3,6H,4-5H2,1H3. The summed E-state index contributed by atoms with van der Waals surface area (Å²) in [5.74, 6) is 0. The molecule has 0 bridgehead atoms. The normalized spacial score (nSPS) is 15.8. The first-order chi connectivity index (χ1) is 7.48. The molecule has 0 spiro atoms. The van der Waals surface area contributed by atoms with Crippen LogP contribution in [-0.2, 0) is 14.7 Å². The van der Waals surface area contributed by atoms with E-state index in [0.29, 0.717) is 29.2 Å². The number of oxime groups is 1. The number of hydrogen-bond acceptors (Lipinski definition) is 4. The van der Waals surface area contributed by atoms with Crippen molar-refractivity contribution in [2.45, 2.75) is 11.3 Å². The largest absolute Gasteiger partial charge is 0.395 e. The van der Waals surface area contributed by atoms with Crippen LogP contribution in [0, 0.1) is 0 Å². The third-order valence-corrected chi connectivity index (χ3v) is 3.91. The van der Waals surface area contributed by atoms with Gasteiger partial charge < -0.3 is 4.84 Å². The van der Waals surface area contributed by atoms with Gasteiger partial charge in [0.15, 0.2) is 9.84 Å². The Hall–Kier alpha value is -0.880. The molecule has 0 N–H and O–H groups in total. The lowest BCUT2D eigenvalue weighted by Crippen LogP contribution is -2.07. The Kier molecular flexibility index (Phi) is 3.03. The van der Waals surface area contributed by atoms with E-state index in [1.165, 1.54) is 6.26 Å². The summed E-state index contributed by atoms with van der Waals surface area (Å²) in [6.07, 6.45) is 1.83. The SMILES string of the molecule is CS(=O)(=O)c1ccc(Br)cc1C1=NOCC1. The zero-order valence-electron chi connectivity index (χ0n) is 8.60.